The standard InChI is InChI=1S/C8H20P2/c1-5-10(6-2)8-7-9(3)4/h5-8H2,1-4H3. The van der Waals surface area contributed by atoms with Crippen LogP contribution in [-0.4, -0.2) is 38.0 Å². The van der Waals surface area contributed by atoms with Gasteiger partial charge >= 0.3 is 0 Å². The number of hydrogen-bond donors (Lipinski definition) is 0. The van der Waals surface area contributed by atoms with E-state index in [9.17, 15) is 0 Å². The molecule has 2 heteroatoms. The third-order valence-corrected chi connectivity index (χ3v) is 5.87. The second-order valence-electron chi connectivity index (χ2n) is 2.83. The van der Waals surface area contributed by atoms with E-state index in [2.05, 4.69) is 27.2 Å². The predicted octanol–water partition coefficient (Wildman–Crippen LogP) is 3.25. The van der Waals surface area contributed by atoms with Crippen molar-refractivity contribution in [1.82, 2.24) is 0 Å². The monoisotopic (exact) mass is 178 g/mol. The lowest BCUT2D eigenvalue weighted by atomic mass is 10.9. The first kappa shape index (κ1) is 10.9. The van der Waals surface area contributed by atoms with Crippen molar-refractivity contribution < 1.29 is 0 Å². The van der Waals surface area contributed by atoms with Crippen molar-refractivity contribution >= 4 is 15.8 Å². The van der Waals surface area contributed by atoms with E-state index in [4.69, 9.17) is 0 Å². The van der Waals surface area contributed by atoms with Crippen molar-refractivity contribution in [2.24, 2.45) is 0 Å². The molecule has 0 saturated carbocycles. The fourth-order valence-electron chi connectivity index (χ4n) is 0.881. The molecular weight excluding hydrogens is 158 g/mol. The Morgan fingerprint density at radius 2 is 1.40 bits per heavy atom. The fourth-order valence-corrected chi connectivity index (χ4v) is 4.69. The van der Waals surface area contributed by atoms with Crippen LogP contribution in [0.5, 0.6) is 0 Å². The molecule has 0 rings (SSSR count). The van der Waals surface area contributed by atoms with Gasteiger partial charge in [-0.15, -0.1) is 15.8 Å². The minimum Gasteiger partial charge on any atom is -0.113 e. The average molecular weight is 178 g/mol. The van der Waals surface area contributed by atoms with Crippen LogP contribution in [0.15, 0.2) is 0 Å². The van der Waals surface area contributed by atoms with E-state index in [0.29, 0.717) is 15.8 Å². The summed E-state index contributed by atoms with van der Waals surface area (Å²) < 4.78 is 0. The molecule has 0 aromatic carbocycles. The van der Waals surface area contributed by atoms with E-state index < -0.39 is 0 Å². The van der Waals surface area contributed by atoms with Crippen LogP contribution in [0.4, 0.5) is 0 Å². The highest BCUT2D eigenvalue weighted by molar-refractivity contribution is 7.60. The van der Waals surface area contributed by atoms with Crippen LogP contribution in [0.1, 0.15) is 13.8 Å². The van der Waals surface area contributed by atoms with E-state index in [1.165, 1.54) is 24.6 Å². The second kappa shape index (κ2) is 6.56. The van der Waals surface area contributed by atoms with Crippen LogP contribution in [-0.2, 0) is 0 Å². The van der Waals surface area contributed by atoms with Gasteiger partial charge < -0.3 is 0 Å². The van der Waals surface area contributed by atoms with Gasteiger partial charge in [0.25, 0.3) is 0 Å². The molecule has 10 heavy (non-hydrogen) atoms. The summed E-state index contributed by atoms with van der Waals surface area (Å²) in [6.07, 6.45) is 5.91. The number of rotatable bonds is 5. The molecule has 0 aliphatic heterocycles. The first-order valence-electron chi connectivity index (χ1n) is 4.07. The van der Waals surface area contributed by atoms with E-state index in [0.717, 1.165) is 0 Å². The summed E-state index contributed by atoms with van der Waals surface area (Å²) in [6, 6.07) is 0. The molecule has 0 atom stereocenters. The summed E-state index contributed by atoms with van der Waals surface area (Å²) in [4.78, 5) is 0. The smallest absolute Gasteiger partial charge is 0.0287 e. The molecule has 0 radical (unpaired) electrons. The van der Waals surface area contributed by atoms with Crippen LogP contribution in [0, 0.1) is 0 Å². The largest absolute Gasteiger partial charge is 0.113 e. The second-order valence-corrected chi connectivity index (χ2v) is 8.49. The Hall–Kier alpha value is 0.860. The molecule has 0 unspecified atom stereocenters. The maximum Gasteiger partial charge on any atom is -0.0287 e. The molecule has 0 N–H and O–H groups in total. The Labute approximate surface area is 68.3 Å². The van der Waals surface area contributed by atoms with Gasteiger partial charge in [-0.2, -0.15) is 0 Å². The van der Waals surface area contributed by atoms with Gasteiger partial charge in [-0.25, -0.2) is 0 Å². The fraction of sp³-hybridized carbons (Fsp3) is 1.00. The molecule has 0 bridgehead atoms. The quantitative estimate of drug-likeness (QED) is 0.567. The van der Waals surface area contributed by atoms with E-state index in [-0.39, 0.29) is 0 Å². The van der Waals surface area contributed by atoms with Crippen LogP contribution >= 0.6 is 15.8 Å². The summed E-state index contributed by atoms with van der Waals surface area (Å²) in [6.45, 7) is 9.44. The molecule has 0 aliphatic carbocycles. The lowest BCUT2D eigenvalue weighted by Gasteiger charge is -2.14. The SMILES string of the molecule is CCP(CC)CCP(C)C. The Morgan fingerprint density at radius 3 is 1.70 bits per heavy atom. The summed E-state index contributed by atoms with van der Waals surface area (Å²) in [7, 11) is 0.799. The van der Waals surface area contributed by atoms with Gasteiger partial charge in [-0.1, -0.05) is 13.8 Å². The van der Waals surface area contributed by atoms with Gasteiger partial charge in [0.2, 0.25) is 0 Å². The van der Waals surface area contributed by atoms with Crippen molar-refractivity contribution in [3.05, 3.63) is 0 Å². The lowest BCUT2D eigenvalue weighted by molar-refractivity contribution is 1.35. The third-order valence-electron chi connectivity index (χ3n) is 1.76. The zero-order valence-electron chi connectivity index (χ0n) is 7.72. The Bertz CT molecular complexity index is 67.7. The van der Waals surface area contributed by atoms with Crippen molar-refractivity contribution in [3.63, 3.8) is 0 Å². The van der Waals surface area contributed by atoms with Crippen molar-refractivity contribution in [3.8, 4) is 0 Å². The summed E-state index contributed by atoms with van der Waals surface area (Å²) in [5, 5.41) is 0. The lowest BCUT2D eigenvalue weighted by Crippen LogP contribution is -1.93. The molecule has 0 nitrogen and oxygen atoms in total. The van der Waals surface area contributed by atoms with Gasteiger partial charge in [-0.3, -0.25) is 0 Å². The molecule has 0 saturated heterocycles. The zero-order valence-corrected chi connectivity index (χ0v) is 9.51. The molecule has 0 fully saturated rings. The molecule has 0 spiro atoms. The first-order chi connectivity index (χ1) is 4.70. The van der Waals surface area contributed by atoms with Crippen molar-refractivity contribution in [2.75, 3.05) is 38.0 Å². The Kier molecular flexibility index (Phi) is 7.13. The highest BCUT2D eigenvalue weighted by atomic mass is 31.1. The van der Waals surface area contributed by atoms with Gasteiger partial charge in [0.15, 0.2) is 0 Å². The molecule has 0 aliphatic rings. The molecular formula is C8H20P2. The zero-order chi connectivity index (χ0) is 7.98. The topological polar surface area (TPSA) is 0 Å². The van der Waals surface area contributed by atoms with Crippen LogP contribution in [0.25, 0.3) is 0 Å². The minimum atomic E-state index is 0.372. The Balaban J connectivity index is 3.26. The van der Waals surface area contributed by atoms with Crippen LogP contribution < -0.4 is 0 Å². The summed E-state index contributed by atoms with van der Waals surface area (Å²) in [5.74, 6) is 0. The molecule has 0 heterocycles. The summed E-state index contributed by atoms with van der Waals surface area (Å²) >= 11 is 0. The highest BCUT2D eigenvalue weighted by Gasteiger charge is 2.02. The van der Waals surface area contributed by atoms with Crippen molar-refractivity contribution in [2.45, 2.75) is 13.8 Å². The molecule has 0 aromatic heterocycles. The molecule has 62 valence electrons. The highest BCUT2D eigenvalue weighted by Crippen LogP contribution is 2.38. The first-order valence-corrected chi connectivity index (χ1v) is 8.39. The maximum atomic E-state index is 2.38. The normalized spacial score (nSPS) is 11.4. The van der Waals surface area contributed by atoms with E-state index >= 15 is 0 Å². The van der Waals surface area contributed by atoms with Gasteiger partial charge in [-0.05, 0) is 38.0 Å². The average Bonchev–Trinajstić information content (AvgIpc) is 1.90. The Morgan fingerprint density at radius 1 is 0.900 bits per heavy atom. The predicted molar refractivity (Wildman–Crippen MR) is 56.5 cm³/mol. The van der Waals surface area contributed by atoms with Gasteiger partial charge in [0, 0.05) is 0 Å². The third kappa shape index (κ3) is 5.63. The van der Waals surface area contributed by atoms with Crippen molar-refractivity contribution in [1.29, 1.82) is 0 Å². The van der Waals surface area contributed by atoms with Gasteiger partial charge in [0.05, 0.1) is 0 Å². The minimum absolute atomic E-state index is 0.372. The molecule has 0 amide bonds. The van der Waals surface area contributed by atoms with E-state index in [1.54, 1.807) is 0 Å². The maximum absolute atomic E-state index is 2.38. The molecule has 0 aromatic rings. The number of hydrogen-bond acceptors (Lipinski definition) is 0. The summed E-state index contributed by atoms with van der Waals surface area (Å²) in [5.41, 5.74) is 0. The van der Waals surface area contributed by atoms with Gasteiger partial charge in [0.1, 0.15) is 0 Å². The van der Waals surface area contributed by atoms with Crippen LogP contribution in [0.3, 0.4) is 0 Å². The van der Waals surface area contributed by atoms with E-state index in [1.807, 2.05) is 0 Å². The van der Waals surface area contributed by atoms with Crippen LogP contribution in [0.2, 0.25) is 0 Å².